The number of nitrogens with one attached hydrogen (secondary N) is 2. The zero-order valence-corrected chi connectivity index (χ0v) is 17.6. The van der Waals surface area contributed by atoms with Gasteiger partial charge in [0.2, 0.25) is 0 Å². The highest BCUT2D eigenvalue weighted by Gasteiger charge is 2.21. The highest BCUT2D eigenvalue weighted by molar-refractivity contribution is 5.79. The summed E-state index contributed by atoms with van der Waals surface area (Å²) in [5.41, 5.74) is 2.97. The highest BCUT2D eigenvalue weighted by Crippen LogP contribution is 2.22. The summed E-state index contributed by atoms with van der Waals surface area (Å²) in [6.45, 7) is 14.6. The number of piperidine rings is 1. The molecule has 1 saturated heterocycles. The Morgan fingerprint density at radius 2 is 1.77 bits per heavy atom. The molecule has 0 amide bonds. The first kappa shape index (κ1) is 20.8. The standard InChI is InChI=1S/C22H38N4/c1-17(2)26-15-12-20(13-16-26)25-21(23-6)24-14-11-18-7-9-19(10-8-18)22(3,4)5/h7-10,17,20H,11-16H2,1-6H3,(H2,23,24,25). The van der Waals surface area contributed by atoms with Gasteiger partial charge in [-0.2, -0.15) is 0 Å². The van der Waals surface area contributed by atoms with Gasteiger partial charge in [0.25, 0.3) is 0 Å². The lowest BCUT2D eigenvalue weighted by Gasteiger charge is -2.35. The second-order valence-corrected chi connectivity index (χ2v) is 8.74. The van der Waals surface area contributed by atoms with Gasteiger partial charge < -0.3 is 15.5 Å². The fraction of sp³-hybridized carbons (Fsp3) is 0.682. The molecular formula is C22H38N4. The first-order valence-corrected chi connectivity index (χ1v) is 10.1. The van der Waals surface area contributed by atoms with Gasteiger partial charge in [0.05, 0.1) is 0 Å². The molecule has 146 valence electrons. The number of nitrogens with zero attached hydrogens (tertiary/aromatic N) is 2. The van der Waals surface area contributed by atoms with Crippen LogP contribution >= 0.6 is 0 Å². The van der Waals surface area contributed by atoms with E-state index in [-0.39, 0.29) is 5.41 Å². The second kappa shape index (κ2) is 9.40. The third kappa shape index (κ3) is 6.31. The van der Waals surface area contributed by atoms with E-state index in [2.05, 4.69) is 79.4 Å². The highest BCUT2D eigenvalue weighted by atomic mass is 15.2. The smallest absolute Gasteiger partial charge is 0.191 e. The van der Waals surface area contributed by atoms with Crippen molar-refractivity contribution in [1.82, 2.24) is 15.5 Å². The molecule has 1 fully saturated rings. The summed E-state index contributed by atoms with van der Waals surface area (Å²) in [5, 5.41) is 7.06. The molecule has 0 spiro atoms. The maximum atomic E-state index is 4.39. The molecule has 0 aliphatic carbocycles. The molecule has 0 saturated carbocycles. The summed E-state index contributed by atoms with van der Waals surface area (Å²) in [4.78, 5) is 6.95. The van der Waals surface area contributed by atoms with E-state index in [9.17, 15) is 0 Å². The maximum Gasteiger partial charge on any atom is 0.191 e. The van der Waals surface area contributed by atoms with E-state index in [4.69, 9.17) is 0 Å². The van der Waals surface area contributed by atoms with Crippen molar-refractivity contribution in [2.45, 2.75) is 71.4 Å². The van der Waals surface area contributed by atoms with Crippen LogP contribution in [0.15, 0.2) is 29.3 Å². The van der Waals surface area contributed by atoms with Crippen LogP contribution in [0.1, 0.15) is 58.6 Å². The van der Waals surface area contributed by atoms with Gasteiger partial charge in [-0.25, -0.2) is 0 Å². The summed E-state index contributed by atoms with van der Waals surface area (Å²) in [6, 6.07) is 10.2. The largest absolute Gasteiger partial charge is 0.356 e. The summed E-state index contributed by atoms with van der Waals surface area (Å²) < 4.78 is 0. The Balaban J connectivity index is 1.74. The summed E-state index contributed by atoms with van der Waals surface area (Å²) in [5.74, 6) is 0.930. The molecule has 0 atom stereocenters. The molecule has 1 aromatic carbocycles. The molecule has 4 heteroatoms. The topological polar surface area (TPSA) is 39.7 Å². The molecule has 4 nitrogen and oxygen atoms in total. The molecule has 0 aromatic heterocycles. The summed E-state index contributed by atoms with van der Waals surface area (Å²) >= 11 is 0. The summed E-state index contributed by atoms with van der Waals surface area (Å²) in [7, 11) is 1.86. The first-order valence-electron chi connectivity index (χ1n) is 10.1. The Bertz CT molecular complexity index is 561. The van der Waals surface area contributed by atoms with E-state index in [0.29, 0.717) is 12.1 Å². The average Bonchev–Trinajstić information content (AvgIpc) is 2.61. The third-order valence-corrected chi connectivity index (χ3v) is 5.35. The molecule has 0 bridgehead atoms. The van der Waals surface area contributed by atoms with Crippen molar-refractivity contribution >= 4 is 5.96 Å². The first-order chi connectivity index (χ1) is 12.3. The number of rotatable bonds is 5. The number of likely N-dealkylation sites (tertiary alicyclic amines) is 1. The predicted octanol–water partition coefficient (Wildman–Crippen LogP) is 3.56. The van der Waals surface area contributed by atoms with E-state index in [1.165, 1.54) is 37.1 Å². The monoisotopic (exact) mass is 358 g/mol. The molecule has 2 N–H and O–H groups in total. The van der Waals surface area contributed by atoms with Gasteiger partial charge in [0.15, 0.2) is 5.96 Å². The van der Waals surface area contributed by atoms with Crippen molar-refractivity contribution in [3.63, 3.8) is 0 Å². The van der Waals surface area contributed by atoms with Crippen LogP contribution in [0.25, 0.3) is 0 Å². The second-order valence-electron chi connectivity index (χ2n) is 8.74. The van der Waals surface area contributed by atoms with Crippen molar-refractivity contribution in [3.05, 3.63) is 35.4 Å². The Labute approximate surface area is 160 Å². The molecule has 26 heavy (non-hydrogen) atoms. The molecule has 0 unspecified atom stereocenters. The number of hydrogen-bond donors (Lipinski definition) is 2. The average molecular weight is 359 g/mol. The van der Waals surface area contributed by atoms with Crippen LogP contribution in [0, 0.1) is 0 Å². The van der Waals surface area contributed by atoms with Crippen molar-refractivity contribution < 1.29 is 0 Å². The molecule has 1 aliphatic heterocycles. The van der Waals surface area contributed by atoms with Gasteiger partial charge in [0.1, 0.15) is 0 Å². The lowest BCUT2D eigenvalue weighted by Crippen LogP contribution is -2.50. The zero-order chi connectivity index (χ0) is 19.2. The van der Waals surface area contributed by atoms with Crippen LogP contribution in [0.2, 0.25) is 0 Å². The van der Waals surface area contributed by atoms with Gasteiger partial charge in [-0.1, -0.05) is 45.0 Å². The van der Waals surface area contributed by atoms with Crippen LogP contribution in [-0.2, 0) is 11.8 Å². The normalized spacial score (nSPS) is 17.6. The van der Waals surface area contributed by atoms with Crippen LogP contribution in [0.4, 0.5) is 0 Å². The van der Waals surface area contributed by atoms with Gasteiger partial charge in [0, 0.05) is 38.8 Å². The molecule has 2 rings (SSSR count). The Hall–Kier alpha value is -1.55. The van der Waals surface area contributed by atoms with E-state index in [1.54, 1.807) is 0 Å². The number of hydrogen-bond acceptors (Lipinski definition) is 2. The van der Waals surface area contributed by atoms with Crippen molar-refractivity contribution in [2.75, 3.05) is 26.7 Å². The minimum absolute atomic E-state index is 0.216. The molecule has 1 aromatic rings. The zero-order valence-electron chi connectivity index (χ0n) is 17.6. The summed E-state index contributed by atoms with van der Waals surface area (Å²) in [6.07, 6.45) is 3.39. The predicted molar refractivity (Wildman–Crippen MR) is 113 cm³/mol. The van der Waals surface area contributed by atoms with E-state index in [0.717, 1.165) is 18.9 Å². The van der Waals surface area contributed by atoms with Gasteiger partial charge in [-0.3, -0.25) is 4.99 Å². The third-order valence-electron chi connectivity index (χ3n) is 5.35. The Kier molecular flexibility index (Phi) is 7.51. The lowest BCUT2D eigenvalue weighted by molar-refractivity contribution is 0.167. The maximum absolute atomic E-state index is 4.39. The number of aliphatic imine (C=N–C) groups is 1. The number of benzene rings is 1. The van der Waals surface area contributed by atoms with Crippen LogP contribution < -0.4 is 10.6 Å². The van der Waals surface area contributed by atoms with Crippen molar-refractivity contribution in [1.29, 1.82) is 0 Å². The van der Waals surface area contributed by atoms with E-state index < -0.39 is 0 Å². The van der Waals surface area contributed by atoms with Crippen LogP contribution in [-0.4, -0.2) is 49.6 Å². The van der Waals surface area contributed by atoms with Gasteiger partial charge in [-0.15, -0.1) is 0 Å². The Morgan fingerprint density at radius 1 is 1.15 bits per heavy atom. The Morgan fingerprint density at radius 3 is 2.27 bits per heavy atom. The molecule has 0 radical (unpaired) electrons. The van der Waals surface area contributed by atoms with Crippen molar-refractivity contribution in [2.24, 2.45) is 4.99 Å². The quantitative estimate of drug-likeness (QED) is 0.624. The minimum atomic E-state index is 0.216. The number of guanidine groups is 1. The molecule has 1 heterocycles. The SMILES string of the molecule is CN=C(NCCc1ccc(C(C)(C)C)cc1)NC1CCN(C(C)C)CC1. The van der Waals surface area contributed by atoms with E-state index >= 15 is 0 Å². The van der Waals surface area contributed by atoms with E-state index in [1.807, 2.05) is 7.05 Å². The van der Waals surface area contributed by atoms with Crippen LogP contribution in [0.3, 0.4) is 0 Å². The van der Waals surface area contributed by atoms with Gasteiger partial charge >= 0.3 is 0 Å². The fourth-order valence-electron chi connectivity index (χ4n) is 3.44. The minimum Gasteiger partial charge on any atom is -0.356 e. The van der Waals surface area contributed by atoms with Gasteiger partial charge in [-0.05, 0) is 49.7 Å². The van der Waals surface area contributed by atoms with Crippen LogP contribution in [0.5, 0.6) is 0 Å². The fourth-order valence-corrected chi connectivity index (χ4v) is 3.44. The lowest BCUT2D eigenvalue weighted by atomic mass is 9.86. The molecular weight excluding hydrogens is 320 g/mol. The molecule has 1 aliphatic rings. The van der Waals surface area contributed by atoms with Crippen molar-refractivity contribution in [3.8, 4) is 0 Å².